The van der Waals surface area contributed by atoms with Crippen molar-refractivity contribution in [2.24, 2.45) is 0 Å². The largest absolute Gasteiger partial charge is 0.378 e. The van der Waals surface area contributed by atoms with Gasteiger partial charge < -0.3 is 10.5 Å². The molecule has 1 fully saturated rings. The lowest BCUT2D eigenvalue weighted by atomic mass is 10.1. The first-order valence-corrected chi connectivity index (χ1v) is 5.31. The van der Waals surface area contributed by atoms with Crippen LogP contribution in [0.3, 0.4) is 0 Å². The quantitative estimate of drug-likeness (QED) is 0.778. The molecule has 13 heavy (non-hydrogen) atoms. The van der Waals surface area contributed by atoms with Crippen LogP contribution in [-0.4, -0.2) is 22.1 Å². The van der Waals surface area contributed by atoms with Gasteiger partial charge in [-0.05, 0) is 30.8 Å². The van der Waals surface area contributed by atoms with Crippen LogP contribution in [0, 0.1) is 0 Å². The van der Waals surface area contributed by atoms with Gasteiger partial charge in [0.15, 0.2) is 0 Å². The Kier molecular flexibility index (Phi) is 2.75. The maximum Gasteiger partial charge on any atom is 0.232 e. The van der Waals surface area contributed by atoms with Gasteiger partial charge in [0.25, 0.3) is 0 Å². The molecule has 0 spiro atoms. The summed E-state index contributed by atoms with van der Waals surface area (Å²) in [6.07, 6.45) is 4.79. The molecule has 0 saturated carbocycles. The fourth-order valence-corrected chi connectivity index (χ4v) is 2.15. The number of hydrogen-bond acceptors (Lipinski definition) is 5. The first kappa shape index (κ1) is 8.90. The summed E-state index contributed by atoms with van der Waals surface area (Å²) in [5.74, 6) is 0.385. The maximum atomic E-state index is 5.59. The van der Waals surface area contributed by atoms with Crippen molar-refractivity contribution in [1.29, 1.82) is 0 Å². The highest BCUT2D eigenvalue weighted by Gasteiger charge is 2.16. The van der Waals surface area contributed by atoms with Crippen LogP contribution >= 0.6 is 11.5 Å². The molecule has 2 rings (SSSR count). The number of nitrogen functional groups attached to an aromatic ring is 1. The molecule has 0 radical (unpaired) electrons. The van der Waals surface area contributed by atoms with Crippen LogP contribution in [0.15, 0.2) is 0 Å². The van der Waals surface area contributed by atoms with E-state index in [2.05, 4.69) is 9.36 Å². The highest BCUT2D eigenvalue weighted by Crippen LogP contribution is 2.18. The molecule has 0 bridgehead atoms. The fourth-order valence-electron chi connectivity index (χ4n) is 1.51. The summed E-state index contributed by atoms with van der Waals surface area (Å²) in [6.45, 7) is 0.888. The lowest BCUT2D eigenvalue weighted by Gasteiger charge is -2.21. The number of nitrogens with two attached hydrogens (primary N) is 1. The van der Waals surface area contributed by atoms with E-state index in [9.17, 15) is 0 Å². The Balaban J connectivity index is 1.89. The van der Waals surface area contributed by atoms with Gasteiger partial charge in [0.1, 0.15) is 5.01 Å². The highest BCUT2D eigenvalue weighted by molar-refractivity contribution is 7.05. The summed E-state index contributed by atoms with van der Waals surface area (Å²) < 4.78 is 9.52. The number of rotatable bonds is 2. The Hall–Kier alpha value is -0.680. The summed E-state index contributed by atoms with van der Waals surface area (Å²) in [6, 6.07) is 0. The minimum Gasteiger partial charge on any atom is -0.378 e. The van der Waals surface area contributed by atoms with Gasteiger partial charge in [-0.15, -0.1) is 0 Å². The molecule has 1 unspecified atom stereocenters. The number of nitrogens with zero attached hydrogens (tertiary/aromatic N) is 2. The standard InChI is InChI=1S/C8H13N3OS/c9-8-10-7(13-11-8)5-6-3-1-2-4-12-6/h6H,1-5H2,(H2,9,11). The van der Waals surface area contributed by atoms with Gasteiger partial charge in [0.05, 0.1) is 6.10 Å². The third-order valence-corrected chi connectivity index (χ3v) is 2.91. The molecule has 1 atom stereocenters. The van der Waals surface area contributed by atoms with Gasteiger partial charge in [-0.2, -0.15) is 4.37 Å². The predicted octanol–water partition coefficient (Wildman–Crippen LogP) is 1.23. The Morgan fingerprint density at radius 2 is 2.46 bits per heavy atom. The van der Waals surface area contributed by atoms with Gasteiger partial charge in [-0.1, -0.05) is 0 Å². The summed E-state index contributed by atoms with van der Waals surface area (Å²) in [4.78, 5) is 4.11. The van der Waals surface area contributed by atoms with E-state index in [1.165, 1.54) is 24.4 Å². The van der Waals surface area contributed by atoms with E-state index in [0.717, 1.165) is 24.5 Å². The summed E-state index contributed by atoms with van der Waals surface area (Å²) in [5.41, 5.74) is 5.43. The van der Waals surface area contributed by atoms with E-state index < -0.39 is 0 Å². The second kappa shape index (κ2) is 4.02. The van der Waals surface area contributed by atoms with Crippen LogP contribution in [0.5, 0.6) is 0 Å². The van der Waals surface area contributed by atoms with Crippen LogP contribution in [0.25, 0.3) is 0 Å². The summed E-state index contributed by atoms with van der Waals surface area (Å²) >= 11 is 1.38. The van der Waals surface area contributed by atoms with Crippen molar-refractivity contribution in [3.05, 3.63) is 5.01 Å². The van der Waals surface area contributed by atoms with Crippen molar-refractivity contribution in [3.63, 3.8) is 0 Å². The van der Waals surface area contributed by atoms with Crippen LogP contribution in [0.1, 0.15) is 24.3 Å². The van der Waals surface area contributed by atoms with Crippen molar-refractivity contribution >= 4 is 17.5 Å². The van der Waals surface area contributed by atoms with Crippen molar-refractivity contribution in [1.82, 2.24) is 9.36 Å². The topological polar surface area (TPSA) is 61.0 Å². The molecule has 1 aromatic heterocycles. The lowest BCUT2D eigenvalue weighted by molar-refractivity contribution is 0.0168. The van der Waals surface area contributed by atoms with E-state index in [1.807, 2.05) is 0 Å². The number of ether oxygens (including phenoxy) is 1. The van der Waals surface area contributed by atoms with Gasteiger partial charge in [0, 0.05) is 13.0 Å². The zero-order valence-corrected chi connectivity index (χ0v) is 8.22. The molecular weight excluding hydrogens is 186 g/mol. The van der Waals surface area contributed by atoms with Gasteiger partial charge in [0.2, 0.25) is 5.95 Å². The summed E-state index contributed by atoms with van der Waals surface area (Å²) in [5, 5.41) is 0.990. The maximum absolute atomic E-state index is 5.59. The van der Waals surface area contributed by atoms with E-state index in [0.29, 0.717) is 12.1 Å². The minimum atomic E-state index is 0.334. The molecule has 4 nitrogen and oxygen atoms in total. The average molecular weight is 199 g/mol. The molecule has 1 saturated heterocycles. The van der Waals surface area contributed by atoms with E-state index in [1.54, 1.807) is 0 Å². The first-order valence-electron chi connectivity index (χ1n) is 4.54. The second-order valence-electron chi connectivity index (χ2n) is 3.24. The zero-order valence-electron chi connectivity index (χ0n) is 7.40. The molecule has 0 aromatic carbocycles. The molecule has 1 aliphatic heterocycles. The smallest absolute Gasteiger partial charge is 0.232 e. The monoisotopic (exact) mass is 199 g/mol. The SMILES string of the molecule is Nc1nsc(CC2CCCCO2)n1. The normalized spacial score (nSPS) is 23.2. The van der Waals surface area contributed by atoms with E-state index in [-0.39, 0.29) is 0 Å². The van der Waals surface area contributed by atoms with Crippen molar-refractivity contribution in [2.45, 2.75) is 31.8 Å². The molecule has 1 aromatic rings. The number of anilines is 1. The van der Waals surface area contributed by atoms with Crippen LogP contribution < -0.4 is 5.73 Å². The minimum absolute atomic E-state index is 0.334. The molecule has 72 valence electrons. The molecule has 0 amide bonds. The third kappa shape index (κ3) is 2.38. The molecule has 2 N–H and O–H groups in total. The molecule has 2 heterocycles. The predicted molar refractivity (Wildman–Crippen MR) is 51.6 cm³/mol. The first-order chi connectivity index (χ1) is 6.34. The lowest BCUT2D eigenvalue weighted by Crippen LogP contribution is -2.21. The average Bonchev–Trinajstić information content (AvgIpc) is 2.53. The Bertz CT molecular complexity index is 270. The van der Waals surface area contributed by atoms with E-state index in [4.69, 9.17) is 10.5 Å². The third-order valence-electron chi connectivity index (χ3n) is 2.16. The molecular formula is C8H13N3OS. The van der Waals surface area contributed by atoms with Gasteiger partial charge >= 0.3 is 0 Å². The number of hydrogen-bond donors (Lipinski definition) is 1. The van der Waals surface area contributed by atoms with Crippen LogP contribution in [-0.2, 0) is 11.2 Å². The van der Waals surface area contributed by atoms with Crippen molar-refractivity contribution < 1.29 is 4.74 Å². The van der Waals surface area contributed by atoms with Gasteiger partial charge in [-0.3, -0.25) is 0 Å². The fraction of sp³-hybridized carbons (Fsp3) is 0.750. The van der Waals surface area contributed by atoms with Crippen molar-refractivity contribution in [3.8, 4) is 0 Å². The molecule has 5 heteroatoms. The Morgan fingerprint density at radius 1 is 1.54 bits per heavy atom. The zero-order chi connectivity index (χ0) is 9.10. The van der Waals surface area contributed by atoms with Gasteiger partial charge in [-0.25, -0.2) is 4.98 Å². The highest BCUT2D eigenvalue weighted by atomic mass is 32.1. The molecule has 0 aliphatic carbocycles. The second-order valence-corrected chi connectivity index (χ2v) is 4.08. The molecule has 1 aliphatic rings. The Morgan fingerprint density at radius 3 is 3.08 bits per heavy atom. The van der Waals surface area contributed by atoms with E-state index >= 15 is 0 Å². The van der Waals surface area contributed by atoms with Crippen LogP contribution in [0.2, 0.25) is 0 Å². The number of aromatic nitrogens is 2. The summed E-state index contributed by atoms with van der Waals surface area (Å²) in [7, 11) is 0. The van der Waals surface area contributed by atoms with Crippen molar-refractivity contribution in [2.75, 3.05) is 12.3 Å². The Labute approximate surface area is 81.3 Å². The van der Waals surface area contributed by atoms with Crippen LogP contribution in [0.4, 0.5) is 5.95 Å².